The summed E-state index contributed by atoms with van der Waals surface area (Å²) in [6.07, 6.45) is 0. The molecule has 0 aliphatic carbocycles. The minimum Gasteiger partial charge on any atom is -0.356 e. The molecule has 5 nitrogen and oxygen atoms in total. The van der Waals surface area contributed by atoms with Crippen molar-refractivity contribution >= 4 is 0 Å². The summed E-state index contributed by atoms with van der Waals surface area (Å²) in [4.78, 5) is 3.16. The molecule has 0 aromatic carbocycles. The predicted octanol–water partition coefficient (Wildman–Crippen LogP) is 0.812. The van der Waals surface area contributed by atoms with E-state index >= 15 is 0 Å². The van der Waals surface area contributed by atoms with Crippen molar-refractivity contribution in [1.82, 2.24) is 25.6 Å². The average molecular weight is 163 g/mol. The van der Waals surface area contributed by atoms with E-state index in [1.807, 2.05) is 19.9 Å². The first-order valence-electron chi connectivity index (χ1n) is 3.67. The number of rotatable bonds is 1. The van der Waals surface area contributed by atoms with Gasteiger partial charge in [0.2, 0.25) is 5.82 Å². The highest BCUT2D eigenvalue weighted by Crippen LogP contribution is 2.17. The Hall–Kier alpha value is -1.65. The molecule has 2 aromatic rings. The maximum absolute atomic E-state index is 3.88. The maximum Gasteiger partial charge on any atom is 0.221 e. The zero-order valence-electron chi connectivity index (χ0n) is 6.92. The van der Waals surface area contributed by atoms with Crippen molar-refractivity contribution < 1.29 is 0 Å². The molecule has 12 heavy (non-hydrogen) atoms. The van der Waals surface area contributed by atoms with Gasteiger partial charge in [-0.25, -0.2) is 0 Å². The zero-order valence-corrected chi connectivity index (χ0v) is 6.92. The molecule has 0 bridgehead atoms. The maximum atomic E-state index is 3.88. The Kier molecular flexibility index (Phi) is 1.43. The van der Waals surface area contributed by atoms with E-state index in [2.05, 4.69) is 25.6 Å². The lowest BCUT2D eigenvalue weighted by Gasteiger charge is -1.89. The van der Waals surface area contributed by atoms with Gasteiger partial charge in [0.25, 0.3) is 0 Å². The lowest BCUT2D eigenvalue weighted by atomic mass is 10.2. The van der Waals surface area contributed by atoms with Gasteiger partial charge in [-0.3, -0.25) is 0 Å². The Balaban J connectivity index is 2.54. The first-order valence-corrected chi connectivity index (χ1v) is 3.67. The van der Waals surface area contributed by atoms with E-state index in [1.54, 1.807) is 0 Å². The van der Waals surface area contributed by atoms with Crippen molar-refractivity contribution in [1.29, 1.82) is 0 Å². The van der Waals surface area contributed by atoms with Gasteiger partial charge in [-0.1, -0.05) is 0 Å². The topological polar surface area (TPSA) is 70.2 Å². The van der Waals surface area contributed by atoms with Gasteiger partial charge in [0.15, 0.2) is 0 Å². The van der Waals surface area contributed by atoms with E-state index in [0.29, 0.717) is 5.82 Å². The highest BCUT2D eigenvalue weighted by Gasteiger charge is 2.07. The molecule has 0 aliphatic heterocycles. The van der Waals surface area contributed by atoms with Crippen LogP contribution in [0.5, 0.6) is 0 Å². The molecular weight excluding hydrogens is 154 g/mol. The van der Waals surface area contributed by atoms with Gasteiger partial charge in [0, 0.05) is 5.69 Å². The third-order valence-electron chi connectivity index (χ3n) is 1.72. The third kappa shape index (κ3) is 0.990. The molecule has 0 aliphatic rings. The quantitative estimate of drug-likeness (QED) is 0.653. The van der Waals surface area contributed by atoms with Crippen LogP contribution in [0.1, 0.15) is 11.3 Å². The first-order chi connectivity index (χ1) is 5.77. The van der Waals surface area contributed by atoms with Crippen molar-refractivity contribution in [2.75, 3.05) is 0 Å². The van der Waals surface area contributed by atoms with Crippen LogP contribution in [0.3, 0.4) is 0 Å². The number of hydrogen-bond acceptors (Lipinski definition) is 3. The summed E-state index contributed by atoms with van der Waals surface area (Å²) in [5, 5.41) is 13.7. The highest BCUT2D eigenvalue weighted by atomic mass is 15.5. The minimum absolute atomic E-state index is 0.612. The molecule has 2 heterocycles. The summed E-state index contributed by atoms with van der Waals surface area (Å²) in [5.74, 6) is 0.612. The number of tetrazole rings is 1. The van der Waals surface area contributed by atoms with Crippen LogP contribution in [0, 0.1) is 13.8 Å². The van der Waals surface area contributed by atoms with Gasteiger partial charge in [-0.15, -0.1) is 10.2 Å². The molecular formula is C7H9N5. The fourth-order valence-corrected chi connectivity index (χ4v) is 1.23. The predicted molar refractivity (Wildman–Crippen MR) is 43.4 cm³/mol. The van der Waals surface area contributed by atoms with Crippen molar-refractivity contribution in [3.05, 3.63) is 17.3 Å². The molecule has 2 aromatic heterocycles. The van der Waals surface area contributed by atoms with Gasteiger partial charge in [-0.2, -0.15) is 5.21 Å². The van der Waals surface area contributed by atoms with Crippen LogP contribution in [0.2, 0.25) is 0 Å². The largest absolute Gasteiger partial charge is 0.356 e. The average Bonchev–Trinajstić information content (AvgIpc) is 2.58. The van der Waals surface area contributed by atoms with E-state index in [1.165, 1.54) is 0 Å². The second-order valence-corrected chi connectivity index (χ2v) is 2.75. The number of nitrogens with one attached hydrogen (secondary N) is 2. The van der Waals surface area contributed by atoms with Crippen LogP contribution >= 0.6 is 0 Å². The van der Waals surface area contributed by atoms with Crippen LogP contribution in [-0.4, -0.2) is 25.6 Å². The lowest BCUT2D eigenvalue weighted by molar-refractivity contribution is 0.881. The van der Waals surface area contributed by atoms with Crippen molar-refractivity contribution in [2.45, 2.75) is 13.8 Å². The van der Waals surface area contributed by atoms with E-state index in [4.69, 9.17) is 0 Å². The SMILES string of the molecule is Cc1cc(C)c(-c2nn[nH]n2)[nH]1. The van der Waals surface area contributed by atoms with Crippen LogP contribution in [-0.2, 0) is 0 Å². The number of aromatic nitrogens is 5. The third-order valence-corrected chi connectivity index (χ3v) is 1.72. The summed E-state index contributed by atoms with van der Waals surface area (Å²) in [6.45, 7) is 4.01. The normalized spacial score (nSPS) is 10.5. The minimum atomic E-state index is 0.612. The van der Waals surface area contributed by atoms with E-state index in [-0.39, 0.29) is 0 Å². The number of aryl methyl sites for hydroxylation is 2. The van der Waals surface area contributed by atoms with Gasteiger partial charge in [0.1, 0.15) is 0 Å². The van der Waals surface area contributed by atoms with Crippen LogP contribution in [0.25, 0.3) is 11.5 Å². The molecule has 0 saturated carbocycles. The molecule has 2 rings (SSSR count). The molecule has 0 amide bonds. The summed E-state index contributed by atoms with van der Waals surface area (Å²) in [5.41, 5.74) is 3.17. The van der Waals surface area contributed by atoms with Gasteiger partial charge < -0.3 is 4.98 Å². The van der Waals surface area contributed by atoms with Gasteiger partial charge in [0.05, 0.1) is 5.69 Å². The fraction of sp³-hybridized carbons (Fsp3) is 0.286. The Morgan fingerprint density at radius 1 is 1.33 bits per heavy atom. The first kappa shape index (κ1) is 7.02. The number of H-pyrrole nitrogens is 2. The molecule has 0 spiro atoms. The van der Waals surface area contributed by atoms with Gasteiger partial charge >= 0.3 is 0 Å². The molecule has 0 fully saturated rings. The smallest absolute Gasteiger partial charge is 0.221 e. The molecule has 0 saturated heterocycles. The Labute approximate surface area is 69.2 Å². The van der Waals surface area contributed by atoms with Gasteiger partial charge in [-0.05, 0) is 30.7 Å². The summed E-state index contributed by atoms with van der Waals surface area (Å²) < 4.78 is 0. The van der Waals surface area contributed by atoms with Crippen LogP contribution in [0.4, 0.5) is 0 Å². The molecule has 62 valence electrons. The Morgan fingerprint density at radius 2 is 2.17 bits per heavy atom. The second kappa shape index (κ2) is 2.44. The van der Waals surface area contributed by atoms with E-state index < -0.39 is 0 Å². The van der Waals surface area contributed by atoms with Crippen LogP contribution in [0.15, 0.2) is 6.07 Å². The molecule has 0 radical (unpaired) electrons. The fourth-order valence-electron chi connectivity index (χ4n) is 1.23. The van der Waals surface area contributed by atoms with E-state index in [9.17, 15) is 0 Å². The van der Waals surface area contributed by atoms with E-state index in [0.717, 1.165) is 17.0 Å². The molecule has 0 atom stereocenters. The van der Waals surface area contributed by atoms with Crippen LogP contribution < -0.4 is 0 Å². The molecule has 2 N–H and O–H groups in total. The number of hydrogen-bond donors (Lipinski definition) is 2. The molecule has 0 unspecified atom stereocenters. The summed E-state index contributed by atoms with van der Waals surface area (Å²) in [6, 6.07) is 2.05. The summed E-state index contributed by atoms with van der Waals surface area (Å²) in [7, 11) is 0. The lowest BCUT2D eigenvalue weighted by Crippen LogP contribution is -1.83. The highest BCUT2D eigenvalue weighted by molar-refractivity contribution is 5.54. The summed E-state index contributed by atoms with van der Waals surface area (Å²) >= 11 is 0. The Bertz CT molecular complexity index is 372. The van der Waals surface area contributed by atoms with Crippen molar-refractivity contribution in [3.63, 3.8) is 0 Å². The standard InChI is InChI=1S/C7H9N5/c1-4-3-5(2)8-6(4)7-9-11-12-10-7/h3,8H,1-2H3,(H,9,10,11,12). The van der Waals surface area contributed by atoms with Crippen molar-refractivity contribution in [2.24, 2.45) is 0 Å². The second-order valence-electron chi connectivity index (χ2n) is 2.75. The monoisotopic (exact) mass is 163 g/mol. The molecule has 5 heteroatoms. The number of nitrogens with zero attached hydrogens (tertiary/aromatic N) is 3. The zero-order chi connectivity index (χ0) is 8.55. The van der Waals surface area contributed by atoms with Crippen molar-refractivity contribution in [3.8, 4) is 11.5 Å². The number of aromatic amines is 2. The Morgan fingerprint density at radius 3 is 2.67 bits per heavy atom.